The Balaban J connectivity index is 1.84. The molecule has 0 saturated carbocycles. The molecule has 0 fully saturated rings. The SMILES string of the molecule is CCOc1ccc(NC(=O)c2oc(C)c3ccccc23)cc1. The Morgan fingerprint density at radius 3 is 2.45 bits per heavy atom. The largest absolute Gasteiger partial charge is 0.494 e. The van der Waals surface area contributed by atoms with Crippen LogP contribution in [0.3, 0.4) is 0 Å². The van der Waals surface area contributed by atoms with Gasteiger partial charge in [0.25, 0.3) is 5.91 Å². The molecule has 0 aliphatic rings. The van der Waals surface area contributed by atoms with Gasteiger partial charge in [0.05, 0.1) is 6.61 Å². The van der Waals surface area contributed by atoms with E-state index >= 15 is 0 Å². The summed E-state index contributed by atoms with van der Waals surface area (Å²) in [6.45, 7) is 4.40. The molecule has 3 aromatic rings. The first kappa shape index (κ1) is 14.2. The molecule has 0 spiro atoms. The van der Waals surface area contributed by atoms with Gasteiger partial charge >= 0.3 is 0 Å². The first-order valence-electron chi connectivity index (χ1n) is 7.21. The maximum atomic E-state index is 12.4. The molecule has 0 unspecified atom stereocenters. The minimum absolute atomic E-state index is 0.256. The lowest BCUT2D eigenvalue weighted by Gasteiger charge is -2.06. The zero-order valence-corrected chi connectivity index (χ0v) is 12.6. The first-order chi connectivity index (χ1) is 10.7. The lowest BCUT2D eigenvalue weighted by Crippen LogP contribution is -2.11. The Morgan fingerprint density at radius 2 is 1.77 bits per heavy atom. The quantitative estimate of drug-likeness (QED) is 0.776. The van der Waals surface area contributed by atoms with Crippen LogP contribution in [-0.4, -0.2) is 12.5 Å². The Morgan fingerprint density at radius 1 is 1.09 bits per heavy atom. The minimum atomic E-state index is -0.256. The van der Waals surface area contributed by atoms with Crippen molar-refractivity contribution in [3.63, 3.8) is 0 Å². The smallest absolute Gasteiger partial charge is 0.292 e. The number of furan rings is 1. The van der Waals surface area contributed by atoms with Gasteiger partial charge in [0.1, 0.15) is 11.5 Å². The molecule has 112 valence electrons. The molecule has 1 aromatic heterocycles. The predicted molar refractivity (Wildman–Crippen MR) is 86.5 cm³/mol. The fraction of sp³-hybridized carbons (Fsp3) is 0.167. The lowest BCUT2D eigenvalue weighted by molar-refractivity contribution is 0.0997. The first-order valence-corrected chi connectivity index (χ1v) is 7.21. The molecular weight excluding hydrogens is 278 g/mol. The van der Waals surface area contributed by atoms with E-state index in [0.29, 0.717) is 18.1 Å². The highest BCUT2D eigenvalue weighted by molar-refractivity contribution is 6.11. The van der Waals surface area contributed by atoms with Crippen molar-refractivity contribution < 1.29 is 13.9 Å². The number of ether oxygens (including phenoxy) is 1. The van der Waals surface area contributed by atoms with Crippen LogP contribution in [0.4, 0.5) is 5.69 Å². The summed E-state index contributed by atoms with van der Waals surface area (Å²) in [6.07, 6.45) is 0. The molecule has 2 aromatic carbocycles. The Labute approximate surface area is 128 Å². The monoisotopic (exact) mass is 295 g/mol. The van der Waals surface area contributed by atoms with Crippen LogP contribution < -0.4 is 10.1 Å². The summed E-state index contributed by atoms with van der Waals surface area (Å²) in [5, 5.41) is 4.63. The molecule has 1 N–H and O–H groups in total. The van der Waals surface area contributed by atoms with Gasteiger partial charge in [-0.05, 0) is 38.1 Å². The number of fused-ring (bicyclic) bond motifs is 1. The van der Waals surface area contributed by atoms with Crippen molar-refractivity contribution in [2.75, 3.05) is 11.9 Å². The zero-order valence-electron chi connectivity index (χ0n) is 12.6. The Kier molecular flexibility index (Phi) is 3.83. The number of carbonyl (C=O) groups excluding carboxylic acids is 1. The fourth-order valence-electron chi connectivity index (χ4n) is 2.41. The van der Waals surface area contributed by atoms with E-state index in [4.69, 9.17) is 9.15 Å². The third-order valence-corrected chi connectivity index (χ3v) is 3.44. The van der Waals surface area contributed by atoms with E-state index in [1.54, 1.807) is 12.1 Å². The molecule has 22 heavy (non-hydrogen) atoms. The number of benzene rings is 2. The van der Waals surface area contributed by atoms with Gasteiger partial charge in [0, 0.05) is 16.5 Å². The van der Waals surface area contributed by atoms with Gasteiger partial charge in [-0.3, -0.25) is 4.79 Å². The summed E-state index contributed by atoms with van der Waals surface area (Å²) in [7, 11) is 0. The summed E-state index contributed by atoms with van der Waals surface area (Å²) in [4.78, 5) is 12.4. The van der Waals surface area contributed by atoms with Crippen molar-refractivity contribution >= 4 is 22.4 Å². The van der Waals surface area contributed by atoms with Gasteiger partial charge < -0.3 is 14.5 Å². The molecule has 0 saturated heterocycles. The number of aryl methyl sites for hydroxylation is 1. The van der Waals surface area contributed by atoms with Crippen LogP contribution in [0.2, 0.25) is 0 Å². The van der Waals surface area contributed by atoms with Gasteiger partial charge in [0.2, 0.25) is 0 Å². The molecular formula is C18H17NO3. The van der Waals surface area contributed by atoms with Crippen LogP contribution >= 0.6 is 0 Å². The number of nitrogens with one attached hydrogen (secondary N) is 1. The topological polar surface area (TPSA) is 51.5 Å². The van der Waals surface area contributed by atoms with Crippen LogP contribution in [0.25, 0.3) is 10.8 Å². The van der Waals surface area contributed by atoms with Crippen LogP contribution in [0.1, 0.15) is 23.2 Å². The van der Waals surface area contributed by atoms with Gasteiger partial charge in [-0.1, -0.05) is 24.3 Å². The van der Waals surface area contributed by atoms with Gasteiger partial charge in [-0.25, -0.2) is 0 Å². The predicted octanol–water partition coefficient (Wildman–Crippen LogP) is 4.39. The molecule has 0 aliphatic heterocycles. The summed E-state index contributed by atoms with van der Waals surface area (Å²) in [5.74, 6) is 1.60. The number of hydrogen-bond donors (Lipinski definition) is 1. The van der Waals surface area contributed by atoms with Crippen molar-refractivity contribution in [1.29, 1.82) is 0 Å². The van der Waals surface area contributed by atoms with E-state index in [1.807, 2.05) is 50.2 Å². The van der Waals surface area contributed by atoms with E-state index in [-0.39, 0.29) is 5.91 Å². The third kappa shape index (κ3) is 2.68. The molecule has 0 atom stereocenters. The van der Waals surface area contributed by atoms with Crippen molar-refractivity contribution in [3.05, 3.63) is 60.1 Å². The Bertz CT molecular complexity index is 803. The molecule has 3 rings (SSSR count). The van der Waals surface area contributed by atoms with Crippen molar-refractivity contribution in [2.24, 2.45) is 0 Å². The molecule has 1 amide bonds. The highest BCUT2D eigenvalue weighted by atomic mass is 16.5. The summed E-state index contributed by atoms with van der Waals surface area (Å²) < 4.78 is 11.0. The zero-order chi connectivity index (χ0) is 15.5. The molecule has 0 bridgehead atoms. The molecule has 1 heterocycles. The minimum Gasteiger partial charge on any atom is -0.494 e. The maximum Gasteiger partial charge on any atom is 0.292 e. The second-order valence-electron chi connectivity index (χ2n) is 4.94. The number of rotatable bonds is 4. The molecule has 0 radical (unpaired) electrons. The number of anilines is 1. The van der Waals surface area contributed by atoms with Crippen LogP contribution in [0.5, 0.6) is 5.75 Å². The summed E-state index contributed by atoms with van der Waals surface area (Å²) in [6, 6.07) is 14.9. The van der Waals surface area contributed by atoms with E-state index in [9.17, 15) is 4.79 Å². The standard InChI is InChI=1S/C18H17NO3/c1-3-21-14-10-8-13(9-11-14)19-18(20)17-16-7-5-4-6-15(16)12(2)22-17/h4-11H,3H2,1-2H3,(H,19,20). The molecule has 0 aliphatic carbocycles. The average molecular weight is 295 g/mol. The van der Waals surface area contributed by atoms with Crippen LogP contribution in [0.15, 0.2) is 52.9 Å². The van der Waals surface area contributed by atoms with E-state index < -0.39 is 0 Å². The van der Waals surface area contributed by atoms with Crippen molar-refractivity contribution in [1.82, 2.24) is 0 Å². The van der Waals surface area contributed by atoms with Crippen molar-refractivity contribution in [2.45, 2.75) is 13.8 Å². The summed E-state index contributed by atoms with van der Waals surface area (Å²) in [5.41, 5.74) is 0.701. The second-order valence-corrected chi connectivity index (χ2v) is 4.94. The van der Waals surface area contributed by atoms with Crippen LogP contribution in [0, 0.1) is 6.92 Å². The van der Waals surface area contributed by atoms with Gasteiger partial charge in [-0.15, -0.1) is 0 Å². The molecule has 4 nitrogen and oxygen atoms in total. The van der Waals surface area contributed by atoms with Crippen LogP contribution in [-0.2, 0) is 0 Å². The normalized spacial score (nSPS) is 10.6. The third-order valence-electron chi connectivity index (χ3n) is 3.44. The van der Waals surface area contributed by atoms with E-state index in [1.165, 1.54) is 0 Å². The second kappa shape index (κ2) is 5.93. The lowest BCUT2D eigenvalue weighted by atomic mass is 10.1. The Hall–Kier alpha value is -2.75. The van der Waals surface area contributed by atoms with E-state index in [0.717, 1.165) is 22.3 Å². The van der Waals surface area contributed by atoms with Crippen molar-refractivity contribution in [3.8, 4) is 5.75 Å². The molecule has 4 heteroatoms. The van der Waals surface area contributed by atoms with Gasteiger partial charge in [-0.2, -0.15) is 0 Å². The number of carbonyl (C=O) groups is 1. The average Bonchev–Trinajstić information content (AvgIpc) is 2.87. The van der Waals surface area contributed by atoms with E-state index in [2.05, 4.69) is 5.32 Å². The highest BCUT2D eigenvalue weighted by Gasteiger charge is 2.17. The maximum absolute atomic E-state index is 12.4. The summed E-state index contributed by atoms with van der Waals surface area (Å²) >= 11 is 0. The number of amides is 1. The van der Waals surface area contributed by atoms with Gasteiger partial charge in [0.15, 0.2) is 5.76 Å². The number of hydrogen-bond acceptors (Lipinski definition) is 3. The fourth-order valence-corrected chi connectivity index (χ4v) is 2.41. The highest BCUT2D eigenvalue weighted by Crippen LogP contribution is 2.26.